The molecule has 1 N–H and O–H groups in total. The third-order valence-electron chi connectivity index (χ3n) is 3.69. The third-order valence-corrected chi connectivity index (χ3v) is 5.73. The van der Waals surface area contributed by atoms with Crippen LogP contribution in [0.15, 0.2) is 12.1 Å². The molecule has 2 rings (SSSR count). The maximum absolute atomic E-state index is 12.1. The van der Waals surface area contributed by atoms with Gasteiger partial charge in [0.05, 0.1) is 5.75 Å². The molecule has 0 bridgehead atoms. The average molecular weight is 297 g/mol. The highest BCUT2D eigenvalue weighted by Crippen LogP contribution is 2.29. The molecule has 20 heavy (non-hydrogen) atoms. The first-order chi connectivity index (χ1) is 9.46. The smallest absolute Gasteiger partial charge is 0.214 e. The summed E-state index contributed by atoms with van der Waals surface area (Å²) in [6.45, 7) is 5.02. The quantitative estimate of drug-likeness (QED) is 0.902. The molecule has 1 atom stereocenters. The zero-order valence-electron chi connectivity index (χ0n) is 12.4. The molecule has 2 heterocycles. The predicted octanol–water partition coefficient (Wildman–Crippen LogP) is 1.96. The molecule has 0 saturated carbocycles. The van der Waals surface area contributed by atoms with Crippen molar-refractivity contribution in [2.45, 2.75) is 32.6 Å². The summed E-state index contributed by atoms with van der Waals surface area (Å²) < 4.78 is 25.8. The Kier molecular flexibility index (Phi) is 4.65. The van der Waals surface area contributed by atoms with Gasteiger partial charge in [0.1, 0.15) is 0 Å². The summed E-state index contributed by atoms with van der Waals surface area (Å²) in [4.78, 5) is 4.56. The second-order valence-corrected chi connectivity index (χ2v) is 7.42. The van der Waals surface area contributed by atoms with Crippen LogP contribution in [0.1, 0.15) is 37.1 Å². The lowest BCUT2D eigenvalue weighted by molar-refractivity contribution is 0.471. The van der Waals surface area contributed by atoms with Crippen LogP contribution in [0.2, 0.25) is 0 Å². The second-order valence-electron chi connectivity index (χ2n) is 5.33. The van der Waals surface area contributed by atoms with Crippen molar-refractivity contribution in [2.24, 2.45) is 0 Å². The van der Waals surface area contributed by atoms with Gasteiger partial charge in [0, 0.05) is 43.1 Å². The maximum Gasteiger partial charge on any atom is 0.214 e. The van der Waals surface area contributed by atoms with Crippen LogP contribution in [0.25, 0.3) is 0 Å². The van der Waals surface area contributed by atoms with E-state index in [-0.39, 0.29) is 11.7 Å². The SMILES string of the molecule is CCCS(=O)(=O)N1CCC(c2cc(NC)cc(C)n2)C1. The third kappa shape index (κ3) is 3.30. The number of nitrogens with zero attached hydrogens (tertiary/aromatic N) is 2. The summed E-state index contributed by atoms with van der Waals surface area (Å²) in [7, 11) is -1.21. The van der Waals surface area contributed by atoms with Gasteiger partial charge in [0.2, 0.25) is 10.0 Å². The highest BCUT2D eigenvalue weighted by molar-refractivity contribution is 7.89. The molecule has 1 fully saturated rings. The monoisotopic (exact) mass is 297 g/mol. The Hall–Kier alpha value is -1.14. The van der Waals surface area contributed by atoms with Crippen LogP contribution in [-0.2, 0) is 10.0 Å². The van der Waals surface area contributed by atoms with Crippen molar-refractivity contribution in [3.63, 3.8) is 0 Å². The highest BCUT2D eigenvalue weighted by atomic mass is 32.2. The summed E-state index contributed by atoms with van der Waals surface area (Å²) >= 11 is 0. The predicted molar refractivity (Wildman–Crippen MR) is 81.5 cm³/mol. The zero-order chi connectivity index (χ0) is 14.8. The van der Waals surface area contributed by atoms with Gasteiger partial charge in [0.25, 0.3) is 0 Å². The van der Waals surface area contributed by atoms with E-state index in [0.29, 0.717) is 19.5 Å². The molecule has 1 aliphatic rings. The van der Waals surface area contributed by atoms with Crippen molar-refractivity contribution >= 4 is 15.7 Å². The first-order valence-electron chi connectivity index (χ1n) is 7.10. The molecule has 0 radical (unpaired) electrons. The van der Waals surface area contributed by atoms with Gasteiger partial charge < -0.3 is 5.32 Å². The van der Waals surface area contributed by atoms with E-state index >= 15 is 0 Å². The number of rotatable bonds is 5. The first-order valence-corrected chi connectivity index (χ1v) is 8.71. The summed E-state index contributed by atoms with van der Waals surface area (Å²) in [5, 5.41) is 3.12. The Morgan fingerprint density at radius 2 is 2.20 bits per heavy atom. The minimum atomic E-state index is -3.09. The van der Waals surface area contributed by atoms with Gasteiger partial charge in [0.15, 0.2) is 0 Å². The van der Waals surface area contributed by atoms with Crippen LogP contribution in [0.4, 0.5) is 5.69 Å². The van der Waals surface area contributed by atoms with Gasteiger partial charge in [-0.25, -0.2) is 12.7 Å². The van der Waals surface area contributed by atoms with E-state index in [2.05, 4.69) is 10.3 Å². The summed E-state index contributed by atoms with van der Waals surface area (Å²) in [6.07, 6.45) is 1.51. The lowest BCUT2D eigenvalue weighted by Gasteiger charge is -2.16. The van der Waals surface area contributed by atoms with Crippen molar-refractivity contribution in [3.8, 4) is 0 Å². The van der Waals surface area contributed by atoms with Crippen LogP contribution in [-0.4, -0.2) is 43.6 Å². The number of hydrogen-bond acceptors (Lipinski definition) is 4. The molecule has 6 heteroatoms. The minimum Gasteiger partial charge on any atom is -0.388 e. The van der Waals surface area contributed by atoms with Crippen LogP contribution >= 0.6 is 0 Å². The number of aromatic nitrogens is 1. The van der Waals surface area contributed by atoms with Crippen LogP contribution in [0, 0.1) is 6.92 Å². The van der Waals surface area contributed by atoms with Crippen molar-refractivity contribution in [2.75, 3.05) is 31.2 Å². The Bertz CT molecular complexity index is 572. The van der Waals surface area contributed by atoms with Crippen molar-refractivity contribution < 1.29 is 8.42 Å². The molecule has 1 aromatic heterocycles. The molecule has 112 valence electrons. The number of anilines is 1. The maximum atomic E-state index is 12.1. The summed E-state index contributed by atoms with van der Waals surface area (Å²) in [5.41, 5.74) is 2.98. The molecule has 0 spiro atoms. The van der Waals surface area contributed by atoms with Crippen LogP contribution in [0.5, 0.6) is 0 Å². The number of hydrogen-bond donors (Lipinski definition) is 1. The number of nitrogens with one attached hydrogen (secondary N) is 1. The average Bonchev–Trinajstić information content (AvgIpc) is 2.88. The van der Waals surface area contributed by atoms with Gasteiger partial charge in [-0.1, -0.05) is 6.92 Å². The molecule has 1 aromatic rings. The number of pyridine rings is 1. The standard InChI is InChI=1S/C14H23N3O2S/c1-4-7-20(18,19)17-6-5-12(10-17)14-9-13(15-3)8-11(2)16-14/h8-9,12H,4-7,10H2,1-3H3,(H,15,16). The molecule has 1 aliphatic heterocycles. The molecule has 0 amide bonds. The molecule has 5 nitrogen and oxygen atoms in total. The van der Waals surface area contributed by atoms with Crippen molar-refractivity contribution in [1.82, 2.24) is 9.29 Å². The molecular formula is C14H23N3O2S. The van der Waals surface area contributed by atoms with Crippen LogP contribution < -0.4 is 5.32 Å². The van der Waals surface area contributed by atoms with E-state index in [4.69, 9.17) is 0 Å². The number of aryl methyl sites for hydroxylation is 1. The van der Waals surface area contributed by atoms with Gasteiger partial charge in [-0.05, 0) is 31.9 Å². The van der Waals surface area contributed by atoms with E-state index in [9.17, 15) is 8.42 Å². The zero-order valence-corrected chi connectivity index (χ0v) is 13.2. The normalized spacial score (nSPS) is 20.2. The molecular weight excluding hydrogens is 274 g/mol. The van der Waals surface area contributed by atoms with Gasteiger partial charge in [-0.15, -0.1) is 0 Å². The van der Waals surface area contributed by atoms with Crippen LogP contribution in [0.3, 0.4) is 0 Å². The summed E-state index contributed by atoms with van der Waals surface area (Å²) in [5.74, 6) is 0.441. The van der Waals surface area contributed by atoms with Gasteiger partial charge in [-0.2, -0.15) is 0 Å². The van der Waals surface area contributed by atoms with E-state index < -0.39 is 10.0 Å². The lowest BCUT2D eigenvalue weighted by atomic mass is 10.0. The van der Waals surface area contributed by atoms with E-state index in [1.54, 1.807) is 4.31 Å². The topological polar surface area (TPSA) is 62.3 Å². The number of sulfonamides is 1. The Balaban J connectivity index is 2.15. The molecule has 0 aliphatic carbocycles. The van der Waals surface area contributed by atoms with E-state index in [0.717, 1.165) is 23.5 Å². The first kappa shape index (κ1) is 15.3. The van der Waals surface area contributed by atoms with Gasteiger partial charge in [-0.3, -0.25) is 4.98 Å². The van der Waals surface area contributed by atoms with Gasteiger partial charge >= 0.3 is 0 Å². The Morgan fingerprint density at radius 1 is 1.45 bits per heavy atom. The van der Waals surface area contributed by atoms with E-state index in [1.165, 1.54) is 0 Å². The van der Waals surface area contributed by atoms with Crippen molar-refractivity contribution in [1.29, 1.82) is 0 Å². The Morgan fingerprint density at radius 3 is 2.85 bits per heavy atom. The fourth-order valence-electron chi connectivity index (χ4n) is 2.66. The summed E-state index contributed by atoms with van der Waals surface area (Å²) in [6, 6.07) is 4.01. The highest BCUT2D eigenvalue weighted by Gasteiger charge is 2.32. The minimum absolute atomic E-state index is 0.202. The van der Waals surface area contributed by atoms with Crippen molar-refractivity contribution in [3.05, 3.63) is 23.5 Å². The lowest BCUT2D eigenvalue weighted by Crippen LogP contribution is -2.30. The molecule has 0 aromatic carbocycles. The Labute approximate surface area is 121 Å². The fourth-order valence-corrected chi connectivity index (χ4v) is 4.22. The van der Waals surface area contributed by atoms with E-state index in [1.807, 2.05) is 33.0 Å². The second kappa shape index (κ2) is 6.10. The largest absolute Gasteiger partial charge is 0.388 e. The molecule has 1 unspecified atom stereocenters. The molecule has 1 saturated heterocycles. The fraction of sp³-hybridized carbons (Fsp3) is 0.643.